The van der Waals surface area contributed by atoms with E-state index in [1.165, 1.54) is 33.3 Å². The van der Waals surface area contributed by atoms with Gasteiger partial charge in [0, 0.05) is 16.9 Å². The monoisotopic (exact) mass is 390 g/mol. The zero-order chi connectivity index (χ0) is 21.0. The molecule has 0 saturated carbocycles. The lowest BCUT2D eigenvalue weighted by Crippen LogP contribution is -2.29. The number of benzene rings is 1. The predicted octanol–water partition coefficient (Wildman–Crippen LogP) is 1.42. The maximum atomic E-state index is 12.2. The molecule has 1 aromatic rings. The van der Waals surface area contributed by atoms with E-state index < -0.39 is 35.0 Å². The van der Waals surface area contributed by atoms with Crippen molar-refractivity contribution < 1.29 is 38.7 Å². The third-order valence-corrected chi connectivity index (χ3v) is 3.73. The molecule has 1 heterocycles. The number of hydroxylamine groups is 2. The van der Waals surface area contributed by atoms with Crippen molar-refractivity contribution >= 4 is 29.3 Å². The summed E-state index contributed by atoms with van der Waals surface area (Å²) < 4.78 is 4.52. The molecule has 0 aromatic heterocycles. The second-order valence-electron chi connectivity index (χ2n) is 5.59. The number of carbonyl (C=O) groups is 4. The zero-order valence-corrected chi connectivity index (χ0v) is 15.6. The average molecular weight is 390 g/mol. The number of Topliss-reactive ketones (excluding diaryl/α,β-unsaturated/α-hetero) is 1. The van der Waals surface area contributed by atoms with Crippen LogP contribution in [0.1, 0.15) is 24.2 Å². The van der Waals surface area contributed by atoms with Gasteiger partial charge < -0.3 is 15.2 Å². The number of anilines is 1. The van der Waals surface area contributed by atoms with Crippen molar-refractivity contribution in [2.75, 3.05) is 19.5 Å². The molecule has 2 rings (SSSR count). The van der Waals surface area contributed by atoms with Crippen molar-refractivity contribution in [1.29, 1.82) is 0 Å². The second-order valence-corrected chi connectivity index (χ2v) is 5.59. The minimum atomic E-state index is -1.21. The number of ether oxygens (including phenoxy) is 1. The van der Waals surface area contributed by atoms with Gasteiger partial charge in [-0.2, -0.15) is 0 Å². The van der Waals surface area contributed by atoms with Crippen molar-refractivity contribution in [2.24, 2.45) is 0 Å². The fraction of sp³-hybridized carbons (Fsp3) is 0.222. The number of rotatable bonds is 6. The Morgan fingerprint density at radius 1 is 1.11 bits per heavy atom. The first-order valence-electron chi connectivity index (χ1n) is 7.92. The van der Waals surface area contributed by atoms with Crippen LogP contribution in [0.25, 0.3) is 0 Å². The van der Waals surface area contributed by atoms with Crippen molar-refractivity contribution in [3.63, 3.8) is 0 Å². The lowest BCUT2D eigenvalue weighted by molar-refractivity contribution is -0.299. The Balaban J connectivity index is 2.41. The van der Waals surface area contributed by atoms with Crippen LogP contribution in [0.2, 0.25) is 0 Å². The van der Waals surface area contributed by atoms with Gasteiger partial charge in [-0.1, -0.05) is 11.3 Å². The number of hydrogen-bond acceptors (Lipinski definition) is 9. The standard InChI is InChI=1S/C18H18N2O8/c1-9(13-15(22)14(10(2)21)18(25)28-17(13)24)19-12-7-5-6-11(8-12)16(23)20(26-3)27-4/h5-8,19,22H,1-4H3. The Morgan fingerprint density at radius 3 is 2.32 bits per heavy atom. The van der Waals surface area contributed by atoms with Crippen LogP contribution in [0.15, 0.2) is 46.9 Å². The molecule has 0 unspecified atom stereocenters. The topological polar surface area (TPSA) is 131 Å². The van der Waals surface area contributed by atoms with Gasteiger partial charge in [-0.3, -0.25) is 9.59 Å². The summed E-state index contributed by atoms with van der Waals surface area (Å²) in [7, 11) is 2.52. The van der Waals surface area contributed by atoms with E-state index in [2.05, 4.69) is 10.1 Å². The number of cyclic esters (lactones) is 2. The summed E-state index contributed by atoms with van der Waals surface area (Å²) in [6.07, 6.45) is 0. The van der Waals surface area contributed by atoms with Crippen LogP contribution < -0.4 is 5.32 Å². The number of esters is 2. The summed E-state index contributed by atoms with van der Waals surface area (Å²) in [5.41, 5.74) is -0.289. The van der Waals surface area contributed by atoms with E-state index in [0.717, 1.165) is 6.92 Å². The summed E-state index contributed by atoms with van der Waals surface area (Å²) in [5, 5.41) is 13.7. The van der Waals surface area contributed by atoms with Crippen molar-refractivity contribution in [1.82, 2.24) is 5.23 Å². The molecule has 0 atom stereocenters. The number of aliphatic hydroxyl groups excluding tert-OH is 1. The van der Waals surface area contributed by atoms with Gasteiger partial charge >= 0.3 is 17.8 Å². The number of ketones is 1. The maximum Gasteiger partial charge on any atom is 0.353 e. The highest BCUT2D eigenvalue weighted by atomic mass is 16.9. The quantitative estimate of drug-likeness (QED) is 0.243. The summed E-state index contributed by atoms with van der Waals surface area (Å²) in [5.74, 6) is -4.40. The minimum absolute atomic E-state index is 0.105. The number of amides is 1. The predicted molar refractivity (Wildman–Crippen MR) is 94.4 cm³/mol. The molecule has 10 heteroatoms. The highest BCUT2D eigenvalue weighted by Gasteiger charge is 2.36. The van der Waals surface area contributed by atoms with E-state index in [-0.39, 0.29) is 16.8 Å². The van der Waals surface area contributed by atoms with Gasteiger partial charge in [0.2, 0.25) is 0 Å². The van der Waals surface area contributed by atoms with Crippen LogP contribution in [-0.4, -0.2) is 48.2 Å². The van der Waals surface area contributed by atoms with Crippen molar-refractivity contribution in [2.45, 2.75) is 13.8 Å². The van der Waals surface area contributed by atoms with E-state index in [1.807, 2.05) is 0 Å². The van der Waals surface area contributed by atoms with Crippen LogP contribution in [0.4, 0.5) is 5.69 Å². The van der Waals surface area contributed by atoms with E-state index >= 15 is 0 Å². The second kappa shape index (κ2) is 8.46. The SMILES string of the molecule is CON(OC)C(=O)c1cccc(NC(C)=C2C(=O)OC(=O)C(C(C)=O)=C2O)c1. The highest BCUT2D eigenvalue weighted by molar-refractivity contribution is 6.23. The minimum Gasteiger partial charge on any atom is -0.506 e. The van der Waals surface area contributed by atoms with Crippen LogP contribution in [0.3, 0.4) is 0 Å². The van der Waals surface area contributed by atoms with Crippen LogP contribution in [0, 0.1) is 0 Å². The summed E-state index contributed by atoms with van der Waals surface area (Å²) >= 11 is 0. The Morgan fingerprint density at radius 2 is 1.75 bits per heavy atom. The van der Waals surface area contributed by atoms with Gasteiger partial charge in [-0.15, -0.1) is 0 Å². The first kappa shape index (κ1) is 20.8. The molecule has 0 spiro atoms. The van der Waals surface area contributed by atoms with Gasteiger partial charge in [0.15, 0.2) is 5.78 Å². The molecule has 1 aliphatic heterocycles. The van der Waals surface area contributed by atoms with Crippen molar-refractivity contribution in [3.8, 4) is 0 Å². The summed E-state index contributed by atoms with van der Waals surface area (Å²) in [4.78, 5) is 57.0. The van der Waals surface area contributed by atoms with E-state index in [4.69, 9.17) is 9.68 Å². The van der Waals surface area contributed by atoms with Crippen LogP contribution in [0.5, 0.6) is 0 Å². The molecular formula is C18H18N2O8. The summed E-state index contributed by atoms with van der Waals surface area (Å²) in [6, 6.07) is 6.12. The summed E-state index contributed by atoms with van der Waals surface area (Å²) in [6.45, 7) is 2.50. The fourth-order valence-corrected chi connectivity index (χ4v) is 2.50. The number of hydrogen-bond donors (Lipinski definition) is 2. The number of nitrogens with zero attached hydrogens (tertiary/aromatic N) is 1. The Hall–Kier alpha value is -3.50. The molecule has 0 fully saturated rings. The number of carbonyl (C=O) groups excluding carboxylic acids is 4. The lowest BCUT2D eigenvalue weighted by atomic mass is 10.0. The molecule has 0 saturated heterocycles. The molecular weight excluding hydrogens is 372 g/mol. The van der Waals surface area contributed by atoms with Gasteiger partial charge in [-0.25, -0.2) is 19.3 Å². The fourth-order valence-electron chi connectivity index (χ4n) is 2.50. The molecule has 2 N–H and O–H groups in total. The Labute approximate surface area is 159 Å². The zero-order valence-electron chi connectivity index (χ0n) is 15.6. The molecule has 1 aliphatic rings. The Bertz CT molecular complexity index is 912. The first-order valence-corrected chi connectivity index (χ1v) is 7.92. The van der Waals surface area contributed by atoms with Gasteiger partial charge in [0.1, 0.15) is 16.9 Å². The maximum absolute atomic E-state index is 12.2. The van der Waals surface area contributed by atoms with Crippen molar-refractivity contribution in [3.05, 3.63) is 52.4 Å². The van der Waals surface area contributed by atoms with Crippen LogP contribution >= 0.6 is 0 Å². The molecule has 0 radical (unpaired) electrons. The van der Waals surface area contributed by atoms with Gasteiger partial charge in [0.25, 0.3) is 0 Å². The lowest BCUT2D eigenvalue weighted by Gasteiger charge is -2.19. The molecule has 10 nitrogen and oxygen atoms in total. The van der Waals surface area contributed by atoms with E-state index in [1.54, 1.807) is 12.1 Å². The molecule has 148 valence electrons. The first-order chi connectivity index (χ1) is 13.2. The molecule has 1 amide bonds. The van der Waals surface area contributed by atoms with Gasteiger partial charge in [-0.05, 0) is 32.0 Å². The normalized spacial score (nSPS) is 15.9. The molecule has 0 aliphatic carbocycles. The highest BCUT2D eigenvalue weighted by Crippen LogP contribution is 2.26. The smallest absolute Gasteiger partial charge is 0.353 e. The van der Waals surface area contributed by atoms with Crippen LogP contribution in [-0.2, 0) is 28.8 Å². The Kier molecular flexibility index (Phi) is 6.29. The number of nitrogens with one attached hydrogen (secondary N) is 1. The third-order valence-electron chi connectivity index (χ3n) is 3.73. The largest absolute Gasteiger partial charge is 0.506 e. The van der Waals surface area contributed by atoms with E-state index in [9.17, 15) is 24.3 Å². The number of allylic oxidation sites excluding steroid dienone is 1. The molecule has 28 heavy (non-hydrogen) atoms. The number of aliphatic hydroxyl groups is 1. The third kappa shape index (κ3) is 4.08. The average Bonchev–Trinajstić information content (AvgIpc) is 2.61. The van der Waals surface area contributed by atoms with E-state index in [0.29, 0.717) is 10.9 Å². The molecule has 1 aromatic carbocycles. The molecule has 0 bridgehead atoms. The van der Waals surface area contributed by atoms with Gasteiger partial charge in [0.05, 0.1) is 14.2 Å².